The maximum absolute atomic E-state index is 6.44. The lowest BCUT2D eigenvalue weighted by molar-refractivity contribution is 0.118. The average Bonchev–Trinajstić information content (AvgIpc) is 2.75. The minimum atomic E-state index is -0.590. The van der Waals surface area contributed by atoms with Gasteiger partial charge in [-0.05, 0) is 52.0 Å². The maximum atomic E-state index is 6.44. The first-order valence-corrected chi connectivity index (χ1v) is 10.5. The van der Waals surface area contributed by atoms with Crippen LogP contribution in [0.1, 0.15) is 38.8 Å². The molecule has 0 radical (unpaired) electrons. The summed E-state index contributed by atoms with van der Waals surface area (Å²) in [5.74, 6) is 4.07. The van der Waals surface area contributed by atoms with Gasteiger partial charge in [-0.1, -0.05) is 0 Å². The molecule has 6 nitrogen and oxygen atoms in total. The van der Waals surface area contributed by atoms with E-state index < -0.39 is 11.2 Å². The topological polar surface area (TPSA) is 55.4 Å². The molecule has 2 aromatic carbocycles. The maximum Gasteiger partial charge on any atom is 0.164 e. The lowest BCUT2D eigenvalue weighted by Crippen LogP contribution is -2.42. The zero-order chi connectivity index (χ0) is 23.3. The molecule has 32 heavy (non-hydrogen) atoms. The van der Waals surface area contributed by atoms with E-state index in [9.17, 15) is 0 Å². The molecule has 0 saturated heterocycles. The lowest BCUT2D eigenvalue weighted by Gasteiger charge is -2.42. The summed E-state index contributed by atoms with van der Waals surface area (Å²) >= 11 is 0. The summed E-state index contributed by atoms with van der Waals surface area (Å²) in [6.45, 7) is 8.22. The molecule has 170 valence electrons. The standard InChI is InChI=1S/C26H30O6/c1-25(2)17(9-15-11-21(27-5)23(29-7)13-19(15)31-25)18-10-16-12-22(28-6)24(30-8)14-20(16)32-26(18,3)4/h9-14H,1-8H3. The van der Waals surface area contributed by atoms with Gasteiger partial charge in [-0.15, -0.1) is 0 Å². The molecular formula is C26H30O6. The van der Waals surface area contributed by atoms with Gasteiger partial charge in [-0.2, -0.15) is 0 Å². The first-order valence-electron chi connectivity index (χ1n) is 10.5. The molecular weight excluding hydrogens is 408 g/mol. The number of benzene rings is 2. The fourth-order valence-electron chi connectivity index (χ4n) is 4.28. The monoisotopic (exact) mass is 438 g/mol. The third kappa shape index (κ3) is 3.53. The van der Waals surface area contributed by atoms with Crippen molar-refractivity contribution in [3.05, 3.63) is 46.5 Å². The van der Waals surface area contributed by atoms with Crippen LogP contribution >= 0.6 is 0 Å². The van der Waals surface area contributed by atoms with Gasteiger partial charge in [0.25, 0.3) is 0 Å². The normalized spacial score (nSPS) is 17.5. The van der Waals surface area contributed by atoms with Crippen LogP contribution in [0, 0.1) is 0 Å². The molecule has 2 heterocycles. The SMILES string of the molecule is COc1cc2c(cc1OC)OC(C)(C)C(C1=Cc3cc(OC)c(OC)cc3OC1(C)C)=C2. The molecule has 0 saturated carbocycles. The molecule has 2 aliphatic heterocycles. The van der Waals surface area contributed by atoms with Crippen LogP contribution in [0.5, 0.6) is 34.5 Å². The highest BCUT2D eigenvalue weighted by atomic mass is 16.5. The highest BCUT2D eigenvalue weighted by Crippen LogP contribution is 2.49. The summed E-state index contributed by atoms with van der Waals surface area (Å²) in [7, 11) is 6.49. The fourth-order valence-corrected chi connectivity index (χ4v) is 4.28. The van der Waals surface area contributed by atoms with Crippen molar-refractivity contribution >= 4 is 12.2 Å². The second-order valence-corrected chi connectivity index (χ2v) is 8.83. The first-order chi connectivity index (χ1) is 15.1. The molecule has 6 heteroatoms. The lowest BCUT2D eigenvalue weighted by atomic mass is 9.78. The van der Waals surface area contributed by atoms with Crippen LogP contribution in [0.4, 0.5) is 0 Å². The smallest absolute Gasteiger partial charge is 0.164 e. The van der Waals surface area contributed by atoms with Crippen LogP contribution in [0.2, 0.25) is 0 Å². The number of methoxy groups -OCH3 is 4. The molecule has 0 amide bonds. The van der Waals surface area contributed by atoms with Gasteiger partial charge in [0.1, 0.15) is 22.7 Å². The van der Waals surface area contributed by atoms with E-state index in [0.29, 0.717) is 23.0 Å². The third-order valence-corrected chi connectivity index (χ3v) is 5.95. The minimum Gasteiger partial charge on any atom is -0.493 e. The second-order valence-electron chi connectivity index (χ2n) is 8.83. The molecule has 2 aromatic rings. The van der Waals surface area contributed by atoms with Crippen molar-refractivity contribution in [2.24, 2.45) is 0 Å². The average molecular weight is 439 g/mol. The molecule has 2 aliphatic rings. The Hall–Kier alpha value is -3.28. The first kappa shape index (κ1) is 21.9. The quantitative estimate of drug-likeness (QED) is 0.612. The molecule has 4 rings (SSSR count). The molecule has 0 aliphatic carbocycles. The molecule has 0 bridgehead atoms. The highest BCUT2D eigenvalue weighted by Gasteiger charge is 2.41. The van der Waals surface area contributed by atoms with Gasteiger partial charge in [0, 0.05) is 34.4 Å². The molecule has 0 fully saturated rings. The Balaban J connectivity index is 1.89. The Morgan fingerprint density at radius 1 is 0.531 bits per heavy atom. The summed E-state index contributed by atoms with van der Waals surface area (Å²) in [6.07, 6.45) is 4.28. The van der Waals surface area contributed by atoms with Crippen molar-refractivity contribution in [2.75, 3.05) is 28.4 Å². The number of fused-ring (bicyclic) bond motifs is 2. The van der Waals surface area contributed by atoms with Crippen LogP contribution < -0.4 is 28.4 Å². The Bertz CT molecular complexity index is 1030. The van der Waals surface area contributed by atoms with Crippen LogP contribution in [-0.4, -0.2) is 39.6 Å². The molecule has 0 N–H and O–H groups in total. The highest BCUT2D eigenvalue weighted by molar-refractivity contribution is 5.79. The van der Waals surface area contributed by atoms with Crippen LogP contribution in [0.3, 0.4) is 0 Å². The van der Waals surface area contributed by atoms with Crippen molar-refractivity contribution in [3.63, 3.8) is 0 Å². The summed E-state index contributed by atoms with van der Waals surface area (Å²) in [5.41, 5.74) is 2.73. The van der Waals surface area contributed by atoms with E-state index in [0.717, 1.165) is 33.8 Å². The van der Waals surface area contributed by atoms with E-state index in [-0.39, 0.29) is 0 Å². The number of hydrogen-bond donors (Lipinski definition) is 0. The Labute approximate surface area is 189 Å². The van der Waals surface area contributed by atoms with Gasteiger partial charge in [0.05, 0.1) is 28.4 Å². The van der Waals surface area contributed by atoms with Crippen molar-refractivity contribution in [2.45, 2.75) is 38.9 Å². The van der Waals surface area contributed by atoms with Gasteiger partial charge in [-0.3, -0.25) is 0 Å². The Morgan fingerprint density at radius 2 is 0.844 bits per heavy atom. The third-order valence-electron chi connectivity index (χ3n) is 5.95. The van der Waals surface area contributed by atoms with E-state index in [1.807, 2.05) is 24.3 Å². The summed E-state index contributed by atoms with van der Waals surface area (Å²) in [5, 5.41) is 0. The zero-order valence-electron chi connectivity index (χ0n) is 19.9. The van der Waals surface area contributed by atoms with Gasteiger partial charge >= 0.3 is 0 Å². The largest absolute Gasteiger partial charge is 0.493 e. The van der Waals surface area contributed by atoms with Crippen LogP contribution in [-0.2, 0) is 0 Å². The van der Waals surface area contributed by atoms with Crippen LogP contribution in [0.25, 0.3) is 12.2 Å². The Kier molecular flexibility index (Phi) is 5.27. The predicted molar refractivity (Wildman–Crippen MR) is 124 cm³/mol. The molecule has 0 atom stereocenters. The fraction of sp³-hybridized carbons (Fsp3) is 0.385. The molecule has 0 aromatic heterocycles. The minimum absolute atomic E-state index is 0.590. The van der Waals surface area contributed by atoms with Gasteiger partial charge < -0.3 is 28.4 Å². The Morgan fingerprint density at radius 3 is 1.16 bits per heavy atom. The van der Waals surface area contributed by atoms with E-state index in [4.69, 9.17) is 28.4 Å². The molecule has 0 spiro atoms. The predicted octanol–water partition coefficient (Wildman–Crippen LogP) is 5.53. The number of hydrogen-bond acceptors (Lipinski definition) is 6. The number of rotatable bonds is 5. The summed E-state index contributed by atoms with van der Waals surface area (Å²) in [4.78, 5) is 0. The molecule has 0 unspecified atom stereocenters. The van der Waals surface area contributed by atoms with Crippen molar-refractivity contribution in [3.8, 4) is 34.5 Å². The van der Waals surface area contributed by atoms with E-state index >= 15 is 0 Å². The van der Waals surface area contributed by atoms with Gasteiger partial charge in [0.2, 0.25) is 0 Å². The van der Waals surface area contributed by atoms with E-state index in [1.165, 1.54) is 0 Å². The summed E-state index contributed by atoms with van der Waals surface area (Å²) < 4.78 is 34.8. The van der Waals surface area contributed by atoms with Gasteiger partial charge in [-0.25, -0.2) is 0 Å². The van der Waals surface area contributed by atoms with E-state index in [2.05, 4.69) is 39.8 Å². The summed E-state index contributed by atoms with van der Waals surface area (Å²) in [6, 6.07) is 7.60. The second kappa shape index (κ2) is 7.69. The van der Waals surface area contributed by atoms with Gasteiger partial charge in [0.15, 0.2) is 23.0 Å². The van der Waals surface area contributed by atoms with Crippen LogP contribution in [0.15, 0.2) is 35.4 Å². The number of ether oxygens (including phenoxy) is 6. The van der Waals surface area contributed by atoms with Crippen molar-refractivity contribution < 1.29 is 28.4 Å². The van der Waals surface area contributed by atoms with Crippen molar-refractivity contribution in [1.29, 1.82) is 0 Å². The zero-order valence-corrected chi connectivity index (χ0v) is 19.9. The van der Waals surface area contributed by atoms with Crippen molar-refractivity contribution in [1.82, 2.24) is 0 Å². The van der Waals surface area contributed by atoms with E-state index in [1.54, 1.807) is 28.4 Å².